The monoisotopic (exact) mass is 236 g/mol. The molecule has 1 aliphatic rings. The Morgan fingerprint density at radius 3 is 2.47 bits per heavy atom. The van der Waals surface area contributed by atoms with Crippen molar-refractivity contribution < 1.29 is 22.1 Å². The minimum absolute atomic E-state index is 0.0621. The van der Waals surface area contributed by atoms with Crippen molar-refractivity contribution in [2.24, 2.45) is 0 Å². The first-order valence-electron chi connectivity index (χ1n) is 4.70. The van der Waals surface area contributed by atoms with E-state index >= 15 is 0 Å². The van der Waals surface area contributed by atoms with Crippen LogP contribution >= 0.6 is 0 Å². The average Bonchev–Trinajstić information content (AvgIpc) is 2.05. The second kappa shape index (κ2) is 5.07. The summed E-state index contributed by atoms with van der Waals surface area (Å²) in [5.74, 6) is 0. The van der Waals surface area contributed by atoms with E-state index in [0.29, 0.717) is 0 Å². The van der Waals surface area contributed by atoms with Gasteiger partial charge in [-0.25, -0.2) is 0 Å². The molecule has 0 spiro atoms. The highest BCUT2D eigenvalue weighted by atomic mass is 32.2. The summed E-state index contributed by atoms with van der Waals surface area (Å²) < 4.78 is 37.0. The summed E-state index contributed by atoms with van der Waals surface area (Å²) in [7, 11) is -3.44. The van der Waals surface area contributed by atoms with Gasteiger partial charge >= 0.3 is 0 Å². The van der Waals surface area contributed by atoms with Gasteiger partial charge in [0.1, 0.15) is 6.10 Å². The highest BCUT2D eigenvalue weighted by Gasteiger charge is 2.20. The van der Waals surface area contributed by atoms with Crippen molar-refractivity contribution >= 4 is 10.1 Å². The maximum Gasteiger partial charge on any atom is 0.265 e. The van der Waals surface area contributed by atoms with E-state index in [4.69, 9.17) is 13.7 Å². The molecule has 1 heterocycles. The first-order valence-corrected chi connectivity index (χ1v) is 6.52. The number of rotatable bonds is 4. The third-order valence-electron chi connectivity index (χ3n) is 1.61. The van der Waals surface area contributed by atoms with Crippen molar-refractivity contribution in [3.8, 4) is 0 Å². The van der Waals surface area contributed by atoms with Crippen LogP contribution in [0.15, 0.2) is 12.2 Å². The largest absolute Gasteiger partial charge is 0.346 e. The minimum Gasteiger partial charge on any atom is -0.346 e. The van der Waals surface area contributed by atoms with Gasteiger partial charge in [-0.05, 0) is 19.9 Å². The van der Waals surface area contributed by atoms with E-state index in [2.05, 4.69) is 0 Å². The summed E-state index contributed by atoms with van der Waals surface area (Å²) >= 11 is 0. The molecule has 0 aromatic carbocycles. The van der Waals surface area contributed by atoms with Gasteiger partial charge in [0.2, 0.25) is 0 Å². The smallest absolute Gasteiger partial charge is 0.265 e. The second-order valence-corrected chi connectivity index (χ2v) is 5.21. The Morgan fingerprint density at radius 1 is 1.40 bits per heavy atom. The molecule has 0 amide bonds. The van der Waals surface area contributed by atoms with Gasteiger partial charge in [0, 0.05) is 0 Å². The topological polar surface area (TPSA) is 61.8 Å². The van der Waals surface area contributed by atoms with Gasteiger partial charge in [-0.3, -0.25) is 4.18 Å². The molecule has 0 saturated carbocycles. The van der Waals surface area contributed by atoms with Crippen LogP contribution in [0, 0.1) is 0 Å². The van der Waals surface area contributed by atoms with Crippen LogP contribution in [0.2, 0.25) is 0 Å². The molecule has 0 N–H and O–H groups in total. The predicted molar refractivity (Wildman–Crippen MR) is 54.8 cm³/mol. The minimum atomic E-state index is -3.44. The predicted octanol–water partition coefficient (Wildman–Crippen LogP) is 0.669. The van der Waals surface area contributed by atoms with Gasteiger partial charge in [-0.2, -0.15) is 8.42 Å². The molecule has 6 heteroatoms. The van der Waals surface area contributed by atoms with Crippen molar-refractivity contribution in [1.29, 1.82) is 0 Å². The second-order valence-electron chi connectivity index (χ2n) is 3.61. The van der Waals surface area contributed by atoms with Crippen molar-refractivity contribution in [1.82, 2.24) is 0 Å². The Morgan fingerprint density at radius 2 is 2.07 bits per heavy atom. The number of hydrogen-bond acceptors (Lipinski definition) is 5. The maximum absolute atomic E-state index is 10.8. The summed E-state index contributed by atoms with van der Waals surface area (Å²) in [6.45, 7) is 3.98. The maximum atomic E-state index is 10.8. The molecule has 0 fully saturated rings. The molecule has 0 saturated heterocycles. The molecule has 5 nitrogen and oxygen atoms in total. The number of hydrogen-bond donors (Lipinski definition) is 0. The Kier molecular flexibility index (Phi) is 4.27. The lowest BCUT2D eigenvalue weighted by Gasteiger charge is -2.24. The Hall–Kier alpha value is -0.430. The molecule has 0 aliphatic carbocycles. The lowest BCUT2D eigenvalue weighted by Crippen LogP contribution is -2.31. The Bertz CT molecular complexity index is 319. The zero-order valence-corrected chi connectivity index (χ0v) is 9.86. The highest BCUT2D eigenvalue weighted by molar-refractivity contribution is 7.86. The van der Waals surface area contributed by atoms with Gasteiger partial charge in [-0.1, -0.05) is 6.08 Å². The van der Waals surface area contributed by atoms with Crippen LogP contribution in [-0.2, 0) is 23.8 Å². The SMILES string of the molecule is CC(C)O[C@H]1C=C[C@@H](OS(C)(=O)=O)CO1. The summed E-state index contributed by atoms with van der Waals surface area (Å²) in [6, 6.07) is 0. The molecule has 0 bridgehead atoms. The standard InChI is InChI=1S/C9H16O5S/c1-7(2)13-9-5-4-8(6-12-9)14-15(3,10)11/h4-5,7-9H,6H2,1-3H3/t8-,9+/m1/s1. The molecule has 88 valence electrons. The summed E-state index contributed by atoms with van der Waals surface area (Å²) in [4.78, 5) is 0. The van der Waals surface area contributed by atoms with E-state index < -0.39 is 22.5 Å². The quantitative estimate of drug-likeness (QED) is 0.530. The molecule has 0 aromatic rings. The Balaban J connectivity index is 2.44. The van der Waals surface area contributed by atoms with Gasteiger partial charge in [0.15, 0.2) is 6.29 Å². The number of ether oxygens (including phenoxy) is 2. The van der Waals surface area contributed by atoms with Crippen LogP contribution in [0.25, 0.3) is 0 Å². The van der Waals surface area contributed by atoms with Gasteiger partial charge in [0.05, 0.1) is 19.0 Å². The molecule has 1 aliphatic heterocycles. The fraction of sp³-hybridized carbons (Fsp3) is 0.778. The fourth-order valence-electron chi connectivity index (χ4n) is 1.15. The summed E-state index contributed by atoms with van der Waals surface area (Å²) in [6.07, 6.45) is 3.40. The van der Waals surface area contributed by atoms with Crippen molar-refractivity contribution in [2.75, 3.05) is 12.9 Å². The van der Waals surface area contributed by atoms with E-state index in [-0.39, 0.29) is 12.7 Å². The molecule has 0 radical (unpaired) electrons. The molecule has 1 rings (SSSR count). The van der Waals surface area contributed by atoms with Crippen molar-refractivity contribution in [3.63, 3.8) is 0 Å². The van der Waals surface area contributed by atoms with Crippen molar-refractivity contribution in [3.05, 3.63) is 12.2 Å². The van der Waals surface area contributed by atoms with Gasteiger partial charge in [-0.15, -0.1) is 0 Å². The van der Waals surface area contributed by atoms with Crippen LogP contribution in [0.5, 0.6) is 0 Å². The third kappa shape index (κ3) is 5.27. The fourth-order valence-corrected chi connectivity index (χ4v) is 1.72. The molecule has 0 aromatic heterocycles. The summed E-state index contributed by atoms with van der Waals surface area (Å²) in [5, 5.41) is 0. The summed E-state index contributed by atoms with van der Waals surface area (Å²) in [5.41, 5.74) is 0. The van der Waals surface area contributed by atoms with Crippen LogP contribution < -0.4 is 0 Å². The van der Waals surface area contributed by atoms with Crippen LogP contribution in [-0.4, -0.2) is 39.8 Å². The van der Waals surface area contributed by atoms with Gasteiger partial charge in [0.25, 0.3) is 10.1 Å². The van der Waals surface area contributed by atoms with Gasteiger partial charge < -0.3 is 9.47 Å². The lowest BCUT2D eigenvalue weighted by molar-refractivity contribution is -0.148. The van der Waals surface area contributed by atoms with E-state index in [0.717, 1.165) is 6.26 Å². The molecule has 15 heavy (non-hydrogen) atoms. The van der Waals surface area contributed by atoms with E-state index in [1.54, 1.807) is 12.2 Å². The molecular formula is C9H16O5S. The first-order chi connectivity index (χ1) is 6.87. The zero-order chi connectivity index (χ0) is 11.5. The van der Waals surface area contributed by atoms with Crippen molar-refractivity contribution in [2.45, 2.75) is 32.3 Å². The van der Waals surface area contributed by atoms with E-state index in [9.17, 15) is 8.42 Å². The zero-order valence-electron chi connectivity index (χ0n) is 9.04. The van der Waals surface area contributed by atoms with Crippen LogP contribution in [0.3, 0.4) is 0 Å². The molecule has 0 unspecified atom stereocenters. The van der Waals surface area contributed by atoms with E-state index in [1.807, 2.05) is 13.8 Å². The molecular weight excluding hydrogens is 220 g/mol. The third-order valence-corrected chi connectivity index (χ3v) is 2.21. The average molecular weight is 236 g/mol. The highest BCUT2D eigenvalue weighted by Crippen LogP contribution is 2.12. The molecule has 2 atom stereocenters. The van der Waals surface area contributed by atoms with Crippen LogP contribution in [0.4, 0.5) is 0 Å². The lowest BCUT2D eigenvalue weighted by atomic mass is 10.3. The van der Waals surface area contributed by atoms with Crippen LogP contribution in [0.1, 0.15) is 13.8 Å². The Labute approximate surface area is 90.1 Å². The van der Waals surface area contributed by atoms with E-state index in [1.165, 1.54) is 0 Å². The first kappa shape index (κ1) is 12.6. The normalized spacial score (nSPS) is 27.2.